The van der Waals surface area contributed by atoms with Crippen LogP contribution >= 0.6 is 11.6 Å². The van der Waals surface area contributed by atoms with Crippen molar-refractivity contribution in [3.63, 3.8) is 0 Å². The monoisotopic (exact) mass is 321 g/mol. The van der Waals surface area contributed by atoms with Crippen LogP contribution in [0.5, 0.6) is 23.0 Å². The third kappa shape index (κ3) is 3.36. The first-order valence-electron chi connectivity index (χ1n) is 7.00. The number of aromatic nitrogens is 1. The lowest BCUT2D eigenvalue weighted by Gasteiger charge is -2.10. The molecule has 0 bridgehead atoms. The van der Waals surface area contributed by atoms with Crippen molar-refractivity contribution in [1.82, 2.24) is 4.98 Å². The van der Waals surface area contributed by atoms with Crippen molar-refractivity contribution in [2.24, 2.45) is 0 Å². The second-order valence-electron chi connectivity index (χ2n) is 4.81. The highest BCUT2D eigenvalue weighted by atomic mass is 35.5. The molecule has 0 saturated carbocycles. The number of benzene rings is 1. The van der Waals surface area contributed by atoms with E-state index in [0.29, 0.717) is 29.9 Å². The van der Waals surface area contributed by atoms with Crippen molar-refractivity contribution in [1.29, 1.82) is 0 Å². The standard InChI is InChI=1S/C16H16ClNO4/c1-11-5-6-18-16(17)15(11)20-8-2-7-19-12-3-4-13-14(9-12)22-10-21-13/h3-6,9H,2,7-8,10H2,1H3. The lowest BCUT2D eigenvalue weighted by atomic mass is 10.3. The number of ether oxygens (including phenoxy) is 4. The molecule has 3 rings (SSSR count). The predicted molar refractivity (Wildman–Crippen MR) is 82.2 cm³/mol. The molecule has 0 saturated heterocycles. The van der Waals surface area contributed by atoms with Gasteiger partial charge in [-0.3, -0.25) is 0 Å². The van der Waals surface area contributed by atoms with E-state index in [1.54, 1.807) is 6.20 Å². The van der Waals surface area contributed by atoms with Gasteiger partial charge in [-0.05, 0) is 30.7 Å². The highest BCUT2D eigenvalue weighted by Gasteiger charge is 2.13. The van der Waals surface area contributed by atoms with E-state index < -0.39 is 0 Å². The Morgan fingerprint density at radius 3 is 2.82 bits per heavy atom. The van der Waals surface area contributed by atoms with E-state index >= 15 is 0 Å². The van der Waals surface area contributed by atoms with Gasteiger partial charge >= 0.3 is 0 Å². The van der Waals surface area contributed by atoms with E-state index in [2.05, 4.69) is 4.98 Å². The molecule has 116 valence electrons. The first-order chi connectivity index (χ1) is 10.7. The Morgan fingerprint density at radius 1 is 1.14 bits per heavy atom. The number of hydrogen-bond acceptors (Lipinski definition) is 5. The zero-order valence-corrected chi connectivity index (χ0v) is 12.9. The molecule has 0 N–H and O–H groups in total. The first-order valence-corrected chi connectivity index (χ1v) is 7.38. The maximum atomic E-state index is 6.00. The number of rotatable bonds is 6. The fraction of sp³-hybridized carbons (Fsp3) is 0.312. The molecule has 2 heterocycles. The summed E-state index contributed by atoms with van der Waals surface area (Å²) < 4.78 is 21.9. The zero-order chi connectivity index (χ0) is 15.4. The summed E-state index contributed by atoms with van der Waals surface area (Å²) >= 11 is 6.00. The van der Waals surface area contributed by atoms with E-state index in [1.165, 1.54) is 0 Å². The summed E-state index contributed by atoms with van der Waals surface area (Å²) in [5.41, 5.74) is 0.969. The minimum atomic E-state index is 0.262. The van der Waals surface area contributed by atoms with Crippen molar-refractivity contribution < 1.29 is 18.9 Å². The van der Waals surface area contributed by atoms with Crippen LogP contribution in [0.15, 0.2) is 30.5 Å². The summed E-state index contributed by atoms with van der Waals surface area (Å²) in [5, 5.41) is 0.386. The Bertz CT molecular complexity index is 642. The highest BCUT2D eigenvalue weighted by molar-refractivity contribution is 6.30. The summed E-state index contributed by atoms with van der Waals surface area (Å²) in [4.78, 5) is 4.00. The van der Waals surface area contributed by atoms with Crippen molar-refractivity contribution in [3.05, 3.63) is 41.2 Å². The molecule has 1 aliphatic heterocycles. The second-order valence-corrected chi connectivity index (χ2v) is 5.17. The zero-order valence-electron chi connectivity index (χ0n) is 12.2. The lowest BCUT2D eigenvalue weighted by molar-refractivity contribution is 0.173. The van der Waals surface area contributed by atoms with Crippen LogP contribution in [0, 0.1) is 6.92 Å². The maximum Gasteiger partial charge on any atom is 0.231 e. The van der Waals surface area contributed by atoms with Gasteiger partial charge in [0, 0.05) is 18.7 Å². The van der Waals surface area contributed by atoms with Gasteiger partial charge in [0.25, 0.3) is 0 Å². The number of halogens is 1. The summed E-state index contributed by atoms with van der Waals surface area (Å²) in [6.45, 7) is 3.25. The number of nitrogens with zero attached hydrogens (tertiary/aromatic N) is 1. The largest absolute Gasteiger partial charge is 0.493 e. The van der Waals surface area contributed by atoms with Gasteiger partial charge in [0.1, 0.15) is 5.75 Å². The molecule has 0 spiro atoms. The van der Waals surface area contributed by atoms with Gasteiger partial charge < -0.3 is 18.9 Å². The van der Waals surface area contributed by atoms with E-state index in [0.717, 1.165) is 23.5 Å². The molecular formula is C16H16ClNO4. The fourth-order valence-corrected chi connectivity index (χ4v) is 2.33. The third-order valence-corrected chi connectivity index (χ3v) is 3.48. The lowest BCUT2D eigenvalue weighted by Crippen LogP contribution is -2.06. The van der Waals surface area contributed by atoms with Gasteiger partial charge in [0.05, 0.1) is 13.2 Å². The minimum Gasteiger partial charge on any atom is -0.493 e. The molecule has 2 aromatic rings. The van der Waals surface area contributed by atoms with Crippen molar-refractivity contribution in [3.8, 4) is 23.0 Å². The van der Waals surface area contributed by atoms with Gasteiger partial charge in [-0.15, -0.1) is 0 Å². The SMILES string of the molecule is Cc1ccnc(Cl)c1OCCCOc1ccc2c(c1)OCO2. The highest BCUT2D eigenvalue weighted by Crippen LogP contribution is 2.35. The average Bonchev–Trinajstić information content (AvgIpc) is 2.97. The molecule has 1 aliphatic rings. The van der Waals surface area contributed by atoms with Crippen LogP contribution in [0.4, 0.5) is 0 Å². The summed E-state index contributed by atoms with van der Waals surface area (Å²) in [5.74, 6) is 2.84. The fourth-order valence-electron chi connectivity index (χ4n) is 2.07. The maximum absolute atomic E-state index is 6.00. The molecule has 0 aliphatic carbocycles. The van der Waals surface area contributed by atoms with Gasteiger partial charge in [-0.25, -0.2) is 4.98 Å². The average molecular weight is 322 g/mol. The Balaban J connectivity index is 1.44. The smallest absolute Gasteiger partial charge is 0.231 e. The summed E-state index contributed by atoms with van der Waals surface area (Å²) in [6.07, 6.45) is 2.40. The predicted octanol–water partition coefficient (Wildman–Crippen LogP) is 3.62. The molecule has 0 fully saturated rings. The Kier molecular flexibility index (Phi) is 4.53. The molecule has 0 atom stereocenters. The van der Waals surface area contributed by atoms with Gasteiger partial charge in [0.2, 0.25) is 6.79 Å². The van der Waals surface area contributed by atoms with Gasteiger partial charge in [0.15, 0.2) is 22.4 Å². The van der Waals surface area contributed by atoms with Crippen molar-refractivity contribution >= 4 is 11.6 Å². The van der Waals surface area contributed by atoms with E-state index in [-0.39, 0.29) is 6.79 Å². The molecular weight excluding hydrogens is 306 g/mol. The minimum absolute atomic E-state index is 0.262. The number of pyridine rings is 1. The molecule has 0 amide bonds. The normalized spacial score (nSPS) is 12.3. The van der Waals surface area contributed by atoms with Crippen molar-refractivity contribution in [2.45, 2.75) is 13.3 Å². The van der Waals surface area contributed by atoms with Crippen LogP contribution in [0.3, 0.4) is 0 Å². The Hall–Kier alpha value is -2.14. The van der Waals surface area contributed by atoms with E-state index in [9.17, 15) is 0 Å². The van der Waals surface area contributed by atoms with Crippen LogP contribution < -0.4 is 18.9 Å². The molecule has 5 nitrogen and oxygen atoms in total. The summed E-state index contributed by atoms with van der Waals surface area (Å²) in [6, 6.07) is 7.39. The topological polar surface area (TPSA) is 49.8 Å². The Morgan fingerprint density at radius 2 is 1.95 bits per heavy atom. The third-order valence-electron chi connectivity index (χ3n) is 3.21. The van der Waals surface area contributed by atoms with Gasteiger partial charge in [-0.2, -0.15) is 0 Å². The van der Waals surface area contributed by atoms with Crippen LogP contribution in [-0.2, 0) is 0 Å². The van der Waals surface area contributed by atoms with E-state index in [4.69, 9.17) is 30.5 Å². The first kappa shape index (κ1) is 14.8. The second kappa shape index (κ2) is 6.75. The van der Waals surface area contributed by atoms with Gasteiger partial charge in [-0.1, -0.05) is 11.6 Å². The quantitative estimate of drug-likeness (QED) is 0.601. The van der Waals surface area contributed by atoms with Crippen LogP contribution in [-0.4, -0.2) is 25.0 Å². The molecule has 0 radical (unpaired) electrons. The molecule has 1 aromatic heterocycles. The van der Waals surface area contributed by atoms with Crippen molar-refractivity contribution in [2.75, 3.05) is 20.0 Å². The molecule has 1 aromatic carbocycles. The summed E-state index contributed by atoms with van der Waals surface area (Å²) in [7, 11) is 0. The number of fused-ring (bicyclic) bond motifs is 1. The van der Waals surface area contributed by atoms with Crippen LogP contribution in [0.2, 0.25) is 5.15 Å². The Labute approximate surface area is 133 Å². The number of aryl methyl sites for hydroxylation is 1. The van der Waals surface area contributed by atoms with E-state index in [1.807, 2.05) is 31.2 Å². The number of hydrogen-bond donors (Lipinski definition) is 0. The molecule has 0 unspecified atom stereocenters. The molecule has 6 heteroatoms. The van der Waals surface area contributed by atoms with Crippen LogP contribution in [0.1, 0.15) is 12.0 Å². The molecule has 22 heavy (non-hydrogen) atoms. The van der Waals surface area contributed by atoms with Crippen LogP contribution in [0.25, 0.3) is 0 Å².